The first-order valence-electron chi connectivity index (χ1n) is 8.25. The van der Waals surface area contributed by atoms with Gasteiger partial charge < -0.3 is 15.5 Å². The van der Waals surface area contributed by atoms with E-state index in [1.807, 2.05) is 12.1 Å². The molecular weight excluding hydrogens is 306 g/mol. The second kappa shape index (κ2) is 8.89. The molecule has 0 unspecified atom stereocenters. The van der Waals surface area contributed by atoms with Gasteiger partial charge in [0.05, 0.1) is 0 Å². The molecule has 2 amide bonds. The Morgan fingerprint density at radius 1 is 1.22 bits per heavy atom. The minimum absolute atomic E-state index is 0.0857. The van der Waals surface area contributed by atoms with Crippen molar-refractivity contribution in [2.75, 3.05) is 20.1 Å². The molecule has 2 N–H and O–H groups in total. The monoisotopic (exact) mass is 333 g/mol. The van der Waals surface area contributed by atoms with Gasteiger partial charge in [-0.15, -0.1) is 11.3 Å². The van der Waals surface area contributed by atoms with E-state index < -0.39 is 0 Å². The van der Waals surface area contributed by atoms with E-state index in [4.69, 9.17) is 0 Å². The second-order valence-corrected chi connectivity index (χ2v) is 7.06. The lowest BCUT2D eigenvalue weighted by atomic mass is 10.2. The smallest absolute Gasteiger partial charge is 0.315 e. The number of urea groups is 1. The zero-order valence-electron chi connectivity index (χ0n) is 14.3. The van der Waals surface area contributed by atoms with Crippen molar-refractivity contribution >= 4 is 27.5 Å². The summed E-state index contributed by atoms with van der Waals surface area (Å²) in [4.78, 5) is 14.2. The van der Waals surface area contributed by atoms with E-state index in [9.17, 15) is 4.79 Å². The summed E-state index contributed by atoms with van der Waals surface area (Å²) in [6.45, 7) is 6.76. The highest BCUT2D eigenvalue weighted by molar-refractivity contribution is 7.17. The fourth-order valence-corrected chi connectivity index (χ4v) is 3.32. The lowest BCUT2D eigenvalue weighted by Gasteiger charge is -2.20. The van der Waals surface area contributed by atoms with E-state index in [0.29, 0.717) is 12.6 Å². The van der Waals surface area contributed by atoms with Gasteiger partial charge in [0.2, 0.25) is 0 Å². The molecule has 1 aromatic heterocycles. The molecule has 0 fully saturated rings. The van der Waals surface area contributed by atoms with Gasteiger partial charge in [0.25, 0.3) is 0 Å². The lowest BCUT2D eigenvalue weighted by Crippen LogP contribution is -2.36. The predicted octanol–water partition coefficient (Wildman–Crippen LogP) is 3.82. The SMILES string of the molecule is CC(C)N(C)CCCCNC(=O)NCc1csc2ccccc12. The maximum atomic E-state index is 11.9. The Hall–Kier alpha value is -1.59. The van der Waals surface area contributed by atoms with Crippen LogP contribution in [-0.4, -0.2) is 37.1 Å². The van der Waals surface area contributed by atoms with Gasteiger partial charge in [-0.3, -0.25) is 0 Å². The summed E-state index contributed by atoms with van der Waals surface area (Å²) in [6.07, 6.45) is 2.11. The zero-order chi connectivity index (χ0) is 16.7. The van der Waals surface area contributed by atoms with Crippen LogP contribution in [0.2, 0.25) is 0 Å². The molecule has 23 heavy (non-hydrogen) atoms. The Bertz CT molecular complexity index is 624. The molecule has 0 radical (unpaired) electrons. The molecule has 0 bridgehead atoms. The number of unbranched alkanes of at least 4 members (excludes halogenated alkanes) is 1. The Balaban J connectivity index is 1.64. The summed E-state index contributed by atoms with van der Waals surface area (Å²) in [6, 6.07) is 8.78. The summed E-state index contributed by atoms with van der Waals surface area (Å²) >= 11 is 1.72. The fourth-order valence-electron chi connectivity index (χ4n) is 2.35. The van der Waals surface area contributed by atoms with E-state index in [0.717, 1.165) is 25.9 Å². The van der Waals surface area contributed by atoms with Gasteiger partial charge in [0.15, 0.2) is 0 Å². The van der Waals surface area contributed by atoms with E-state index in [2.05, 4.69) is 53.9 Å². The quantitative estimate of drug-likeness (QED) is 0.721. The number of hydrogen-bond donors (Lipinski definition) is 2. The molecule has 0 atom stereocenters. The summed E-state index contributed by atoms with van der Waals surface area (Å²) in [5, 5.41) is 9.22. The van der Waals surface area contributed by atoms with E-state index in [1.54, 1.807) is 11.3 Å². The van der Waals surface area contributed by atoms with Crippen LogP contribution in [0.5, 0.6) is 0 Å². The second-order valence-electron chi connectivity index (χ2n) is 6.15. The van der Waals surface area contributed by atoms with Gasteiger partial charge in [-0.05, 0) is 62.7 Å². The number of carbonyl (C=O) groups excluding carboxylic acids is 1. The van der Waals surface area contributed by atoms with Crippen molar-refractivity contribution in [2.24, 2.45) is 0 Å². The number of benzene rings is 1. The van der Waals surface area contributed by atoms with Crippen LogP contribution < -0.4 is 10.6 Å². The molecular formula is C18H27N3OS. The van der Waals surface area contributed by atoms with Crippen LogP contribution >= 0.6 is 11.3 Å². The molecule has 0 saturated heterocycles. The van der Waals surface area contributed by atoms with Gasteiger partial charge >= 0.3 is 6.03 Å². The molecule has 2 aromatic rings. The van der Waals surface area contributed by atoms with Crippen LogP contribution in [0.3, 0.4) is 0 Å². The number of amides is 2. The van der Waals surface area contributed by atoms with Gasteiger partial charge in [-0.1, -0.05) is 18.2 Å². The van der Waals surface area contributed by atoms with Gasteiger partial charge in [-0.25, -0.2) is 4.79 Å². The van der Waals surface area contributed by atoms with Gasteiger partial charge in [0, 0.05) is 23.8 Å². The Morgan fingerprint density at radius 3 is 2.78 bits per heavy atom. The van der Waals surface area contributed by atoms with Gasteiger partial charge in [-0.2, -0.15) is 0 Å². The minimum Gasteiger partial charge on any atom is -0.338 e. The summed E-state index contributed by atoms with van der Waals surface area (Å²) in [5.41, 5.74) is 1.18. The van der Waals surface area contributed by atoms with Crippen molar-refractivity contribution in [3.8, 4) is 0 Å². The number of rotatable bonds is 8. The highest BCUT2D eigenvalue weighted by atomic mass is 32.1. The number of carbonyl (C=O) groups is 1. The average Bonchev–Trinajstić information content (AvgIpc) is 2.95. The molecule has 0 aliphatic rings. The first-order chi connectivity index (χ1) is 11.1. The van der Waals surface area contributed by atoms with E-state index in [-0.39, 0.29) is 6.03 Å². The number of nitrogens with zero attached hydrogens (tertiary/aromatic N) is 1. The molecule has 5 heteroatoms. The molecule has 0 spiro atoms. The molecule has 0 saturated carbocycles. The maximum Gasteiger partial charge on any atom is 0.315 e. The summed E-state index contributed by atoms with van der Waals surface area (Å²) in [7, 11) is 2.13. The third kappa shape index (κ3) is 5.52. The van der Waals surface area contributed by atoms with E-state index in [1.165, 1.54) is 15.6 Å². The highest BCUT2D eigenvalue weighted by Crippen LogP contribution is 2.25. The van der Waals surface area contributed by atoms with Crippen LogP contribution in [0.1, 0.15) is 32.3 Å². The first kappa shape index (κ1) is 17.8. The number of hydrogen-bond acceptors (Lipinski definition) is 3. The minimum atomic E-state index is -0.0857. The van der Waals surface area contributed by atoms with Crippen molar-refractivity contribution in [3.63, 3.8) is 0 Å². The van der Waals surface area contributed by atoms with Crippen molar-refractivity contribution < 1.29 is 4.79 Å². The molecule has 2 rings (SSSR count). The standard InChI is InChI=1S/C18H27N3OS/c1-14(2)21(3)11-7-6-10-19-18(22)20-12-15-13-23-17-9-5-4-8-16(15)17/h4-5,8-9,13-14H,6-7,10-12H2,1-3H3,(H2,19,20,22). The Kier molecular flexibility index (Phi) is 6.86. The van der Waals surface area contributed by atoms with Crippen LogP contribution in [0.15, 0.2) is 29.6 Å². The van der Waals surface area contributed by atoms with Crippen LogP contribution in [0, 0.1) is 0 Å². The molecule has 126 valence electrons. The normalized spacial score (nSPS) is 11.3. The predicted molar refractivity (Wildman–Crippen MR) is 99.1 cm³/mol. The summed E-state index contributed by atoms with van der Waals surface area (Å²) in [5.74, 6) is 0. The van der Waals surface area contributed by atoms with Crippen molar-refractivity contribution in [3.05, 3.63) is 35.2 Å². The Labute approximate surface area is 142 Å². The van der Waals surface area contributed by atoms with Crippen LogP contribution in [0.4, 0.5) is 4.79 Å². The third-order valence-corrected chi connectivity index (χ3v) is 5.12. The molecule has 4 nitrogen and oxygen atoms in total. The molecule has 1 heterocycles. The van der Waals surface area contributed by atoms with Crippen LogP contribution in [-0.2, 0) is 6.54 Å². The number of fused-ring (bicyclic) bond motifs is 1. The maximum absolute atomic E-state index is 11.9. The topological polar surface area (TPSA) is 44.4 Å². The summed E-state index contributed by atoms with van der Waals surface area (Å²) < 4.78 is 1.26. The largest absolute Gasteiger partial charge is 0.338 e. The number of thiophene rings is 1. The Morgan fingerprint density at radius 2 is 2.00 bits per heavy atom. The molecule has 0 aliphatic heterocycles. The third-order valence-electron chi connectivity index (χ3n) is 4.11. The van der Waals surface area contributed by atoms with Gasteiger partial charge in [0.1, 0.15) is 0 Å². The zero-order valence-corrected chi connectivity index (χ0v) is 15.1. The van der Waals surface area contributed by atoms with Crippen molar-refractivity contribution in [2.45, 2.75) is 39.3 Å². The first-order valence-corrected chi connectivity index (χ1v) is 9.13. The van der Waals surface area contributed by atoms with Crippen molar-refractivity contribution in [1.29, 1.82) is 0 Å². The highest BCUT2D eigenvalue weighted by Gasteiger charge is 2.06. The van der Waals surface area contributed by atoms with Crippen molar-refractivity contribution in [1.82, 2.24) is 15.5 Å². The number of nitrogens with one attached hydrogen (secondary N) is 2. The van der Waals surface area contributed by atoms with Crippen LogP contribution in [0.25, 0.3) is 10.1 Å². The average molecular weight is 334 g/mol. The van der Waals surface area contributed by atoms with E-state index >= 15 is 0 Å². The fraction of sp³-hybridized carbons (Fsp3) is 0.500. The lowest BCUT2D eigenvalue weighted by molar-refractivity contribution is 0.239. The molecule has 0 aliphatic carbocycles. The molecule has 1 aromatic carbocycles.